The molecule has 0 aliphatic carbocycles. The van der Waals surface area contributed by atoms with Gasteiger partial charge in [-0.05, 0) is 50.1 Å². The number of hydrogen-bond donors (Lipinski definition) is 1. The highest BCUT2D eigenvalue weighted by Gasteiger charge is 2.22. The second kappa shape index (κ2) is 11.2. The summed E-state index contributed by atoms with van der Waals surface area (Å²) in [6.07, 6.45) is 5.56. The number of anilines is 1. The lowest BCUT2D eigenvalue weighted by molar-refractivity contribution is -0.117. The summed E-state index contributed by atoms with van der Waals surface area (Å²) >= 11 is 5.90. The van der Waals surface area contributed by atoms with Crippen LogP contribution in [0.25, 0.3) is 16.8 Å². The minimum absolute atomic E-state index is 0.0354. The van der Waals surface area contributed by atoms with Crippen molar-refractivity contribution >= 4 is 38.7 Å². The number of halogens is 3. The molecule has 0 fully saturated rings. The standard InChI is InChI=1S/C25H21ClF2N4O5S/c1-15(33)4-2-3-9-37-24-21(31-38(35,36)22-7-6-18(27)11-20(22)28)10-17(12-30-24)16-5-8-23-29-13-19(26)25(34)32(23)14-16/h5-8,10-14,31H,2-4,9H2,1H3. The third-order valence-electron chi connectivity index (χ3n) is 5.43. The molecule has 0 aliphatic rings. The van der Waals surface area contributed by atoms with Crippen LogP contribution in [-0.4, -0.2) is 35.2 Å². The molecule has 0 unspecified atom stereocenters. The molecule has 1 N–H and O–H groups in total. The second-order valence-electron chi connectivity index (χ2n) is 8.32. The van der Waals surface area contributed by atoms with Crippen molar-refractivity contribution in [1.82, 2.24) is 14.4 Å². The van der Waals surface area contributed by atoms with Crippen molar-refractivity contribution in [3.05, 3.63) is 82.0 Å². The average Bonchev–Trinajstić information content (AvgIpc) is 2.86. The van der Waals surface area contributed by atoms with Gasteiger partial charge >= 0.3 is 0 Å². The highest BCUT2D eigenvalue weighted by atomic mass is 35.5. The summed E-state index contributed by atoms with van der Waals surface area (Å²) < 4.78 is 62.7. The number of fused-ring (bicyclic) bond motifs is 1. The SMILES string of the molecule is CC(=O)CCCCOc1ncc(-c2ccc3ncc(Cl)c(=O)n3c2)cc1NS(=O)(=O)c1ccc(F)cc1F. The normalized spacial score (nSPS) is 11.5. The van der Waals surface area contributed by atoms with Crippen molar-refractivity contribution in [2.75, 3.05) is 11.3 Å². The first-order valence-corrected chi connectivity index (χ1v) is 13.2. The third-order valence-corrected chi connectivity index (χ3v) is 7.09. The fourth-order valence-corrected chi connectivity index (χ4v) is 4.81. The molecular formula is C25H21ClF2N4O5S. The van der Waals surface area contributed by atoms with E-state index in [1.165, 1.54) is 36.0 Å². The monoisotopic (exact) mass is 562 g/mol. The molecule has 0 radical (unpaired) electrons. The van der Waals surface area contributed by atoms with E-state index in [9.17, 15) is 26.8 Å². The molecular weight excluding hydrogens is 542 g/mol. The quantitative estimate of drug-likeness (QED) is 0.280. The smallest absolute Gasteiger partial charge is 0.276 e. The highest BCUT2D eigenvalue weighted by molar-refractivity contribution is 7.92. The first-order valence-electron chi connectivity index (χ1n) is 11.3. The van der Waals surface area contributed by atoms with Crippen molar-refractivity contribution in [3.63, 3.8) is 0 Å². The molecule has 9 nitrogen and oxygen atoms in total. The Bertz CT molecular complexity index is 1700. The van der Waals surface area contributed by atoms with Gasteiger partial charge in [-0.25, -0.2) is 27.2 Å². The molecule has 0 bridgehead atoms. The molecule has 3 aromatic heterocycles. The Morgan fingerprint density at radius 3 is 2.61 bits per heavy atom. The lowest BCUT2D eigenvalue weighted by Crippen LogP contribution is -2.16. The zero-order valence-corrected chi connectivity index (χ0v) is 21.5. The minimum atomic E-state index is -4.51. The van der Waals surface area contributed by atoms with E-state index in [0.29, 0.717) is 42.1 Å². The van der Waals surface area contributed by atoms with Crippen LogP contribution in [0.3, 0.4) is 0 Å². The van der Waals surface area contributed by atoms with Gasteiger partial charge < -0.3 is 9.53 Å². The lowest BCUT2D eigenvalue weighted by Gasteiger charge is -2.15. The average molecular weight is 563 g/mol. The summed E-state index contributed by atoms with van der Waals surface area (Å²) in [4.78, 5) is 31.1. The molecule has 3 heterocycles. The van der Waals surface area contributed by atoms with Gasteiger partial charge in [0.2, 0.25) is 5.88 Å². The fraction of sp³-hybridized carbons (Fsp3) is 0.200. The molecule has 0 saturated carbocycles. The number of benzene rings is 1. The zero-order valence-electron chi connectivity index (χ0n) is 19.9. The van der Waals surface area contributed by atoms with Gasteiger partial charge in [-0.15, -0.1) is 0 Å². The Morgan fingerprint density at radius 2 is 1.87 bits per heavy atom. The van der Waals surface area contributed by atoms with Gasteiger partial charge in [0.15, 0.2) is 0 Å². The number of ether oxygens (including phenoxy) is 1. The van der Waals surface area contributed by atoms with E-state index in [1.54, 1.807) is 12.1 Å². The Hall–Kier alpha value is -3.90. The number of carbonyl (C=O) groups excluding carboxylic acids is 1. The van der Waals surface area contributed by atoms with Crippen LogP contribution in [-0.2, 0) is 14.8 Å². The number of nitrogens with zero attached hydrogens (tertiary/aromatic N) is 3. The molecule has 0 saturated heterocycles. The maximum Gasteiger partial charge on any atom is 0.276 e. The molecule has 1 aromatic carbocycles. The number of sulfonamides is 1. The number of rotatable bonds is 10. The summed E-state index contributed by atoms with van der Waals surface area (Å²) in [5.41, 5.74) is 0.589. The van der Waals surface area contributed by atoms with Crippen LogP contribution in [0.5, 0.6) is 5.88 Å². The van der Waals surface area contributed by atoms with Crippen molar-refractivity contribution in [2.45, 2.75) is 31.1 Å². The van der Waals surface area contributed by atoms with Crippen LogP contribution in [0.2, 0.25) is 5.02 Å². The van der Waals surface area contributed by atoms with Crippen LogP contribution >= 0.6 is 11.6 Å². The molecule has 0 spiro atoms. The van der Waals surface area contributed by atoms with E-state index in [1.807, 2.05) is 0 Å². The molecule has 0 amide bonds. The summed E-state index contributed by atoms with van der Waals surface area (Å²) in [7, 11) is -4.51. The van der Waals surface area contributed by atoms with E-state index < -0.39 is 32.1 Å². The number of unbranched alkanes of at least 4 members (excludes halogenated alkanes) is 1. The summed E-state index contributed by atoms with van der Waals surface area (Å²) in [6.45, 7) is 1.61. The van der Waals surface area contributed by atoms with Crippen LogP contribution in [0.1, 0.15) is 26.2 Å². The minimum Gasteiger partial charge on any atom is -0.476 e. The highest BCUT2D eigenvalue weighted by Crippen LogP contribution is 2.31. The van der Waals surface area contributed by atoms with Crippen LogP contribution in [0, 0.1) is 11.6 Å². The number of hydrogen-bond acceptors (Lipinski definition) is 7. The maximum absolute atomic E-state index is 14.3. The van der Waals surface area contributed by atoms with Crippen LogP contribution < -0.4 is 15.0 Å². The third kappa shape index (κ3) is 6.14. The Kier molecular flexibility index (Phi) is 8.02. The van der Waals surface area contributed by atoms with Crippen LogP contribution in [0.4, 0.5) is 14.5 Å². The first kappa shape index (κ1) is 27.1. The van der Waals surface area contributed by atoms with E-state index in [4.69, 9.17) is 16.3 Å². The Labute approximate surface area is 221 Å². The number of aromatic nitrogens is 3. The van der Waals surface area contributed by atoms with E-state index in [-0.39, 0.29) is 29.0 Å². The second-order valence-corrected chi connectivity index (χ2v) is 10.4. The first-order chi connectivity index (χ1) is 18.0. The van der Waals surface area contributed by atoms with Gasteiger partial charge in [0.1, 0.15) is 38.7 Å². The molecule has 13 heteroatoms. The van der Waals surface area contributed by atoms with E-state index >= 15 is 0 Å². The number of Topliss-reactive ketones (excluding diaryl/α,β-unsaturated/α-hetero) is 1. The molecule has 0 aliphatic heterocycles. The van der Waals surface area contributed by atoms with Gasteiger partial charge in [0.05, 0.1) is 12.8 Å². The largest absolute Gasteiger partial charge is 0.476 e. The predicted octanol–water partition coefficient (Wildman–Crippen LogP) is 4.63. The van der Waals surface area contributed by atoms with Gasteiger partial charge in [0.25, 0.3) is 15.6 Å². The summed E-state index contributed by atoms with van der Waals surface area (Å²) in [6, 6.07) is 6.71. The van der Waals surface area contributed by atoms with Gasteiger partial charge in [-0.1, -0.05) is 11.6 Å². The van der Waals surface area contributed by atoms with E-state index in [2.05, 4.69) is 14.7 Å². The molecule has 4 rings (SSSR count). The molecule has 0 atom stereocenters. The van der Waals surface area contributed by atoms with Crippen molar-refractivity contribution < 1.29 is 26.7 Å². The molecule has 198 valence electrons. The maximum atomic E-state index is 14.3. The zero-order chi connectivity index (χ0) is 27.4. The Balaban J connectivity index is 1.72. The summed E-state index contributed by atoms with van der Waals surface area (Å²) in [5, 5.41) is -0.0823. The van der Waals surface area contributed by atoms with Gasteiger partial charge in [-0.3, -0.25) is 13.9 Å². The van der Waals surface area contributed by atoms with Crippen molar-refractivity contribution in [2.24, 2.45) is 0 Å². The number of nitrogens with one attached hydrogen (secondary N) is 1. The molecule has 38 heavy (non-hydrogen) atoms. The number of pyridine rings is 2. The fourth-order valence-electron chi connectivity index (χ4n) is 3.56. The van der Waals surface area contributed by atoms with E-state index in [0.717, 1.165) is 12.1 Å². The van der Waals surface area contributed by atoms with Crippen LogP contribution in [0.15, 0.2) is 64.7 Å². The topological polar surface area (TPSA) is 120 Å². The lowest BCUT2D eigenvalue weighted by atomic mass is 10.1. The number of ketones is 1. The van der Waals surface area contributed by atoms with Crippen molar-refractivity contribution in [1.29, 1.82) is 0 Å². The summed E-state index contributed by atoms with van der Waals surface area (Å²) in [5.74, 6) is -2.26. The van der Waals surface area contributed by atoms with Gasteiger partial charge in [0, 0.05) is 36.0 Å². The predicted molar refractivity (Wildman–Crippen MR) is 137 cm³/mol. The van der Waals surface area contributed by atoms with Gasteiger partial charge in [-0.2, -0.15) is 0 Å². The van der Waals surface area contributed by atoms with Crippen molar-refractivity contribution in [3.8, 4) is 17.0 Å². The Morgan fingerprint density at radius 1 is 1.08 bits per heavy atom. The molecule has 4 aromatic rings. The number of carbonyl (C=O) groups is 1.